The van der Waals surface area contributed by atoms with E-state index in [-0.39, 0.29) is 28.6 Å². The Kier molecular flexibility index (Phi) is 3.79. The van der Waals surface area contributed by atoms with Crippen LogP contribution in [0.1, 0.15) is 15.9 Å². The van der Waals surface area contributed by atoms with E-state index in [2.05, 4.69) is 4.98 Å². The van der Waals surface area contributed by atoms with E-state index < -0.39 is 5.78 Å². The second kappa shape index (κ2) is 6.38. The van der Waals surface area contributed by atoms with E-state index in [1.165, 1.54) is 6.07 Å². The van der Waals surface area contributed by atoms with Crippen molar-refractivity contribution in [3.05, 3.63) is 71.7 Å². The molecule has 7 nitrogen and oxygen atoms in total. The Morgan fingerprint density at radius 1 is 1.13 bits per heavy atom. The first-order valence-electron chi connectivity index (χ1n) is 9.22. The van der Waals surface area contributed by atoms with Crippen molar-refractivity contribution >= 4 is 28.6 Å². The number of hydrogen-bond acceptors (Lipinski definition) is 6. The number of aromatic nitrogens is 2. The second-order valence-corrected chi connectivity index (χ2v) is 7.15. The summed E-state index contributed by atoms with van der Waals surface area (Å²) in [4.78, 5) is 17.3. The number of benzene rings is 2. The number of carbonyl (C=O) groups excluding carboxylic acids is 1. The summed E-state index contributed by atoms with van der Waals surface area (Å²) in [6, 6.07) is 11.9. The highest BCUT2D eigenvalue weighted by atomic mass is 16.5. The van der Waals surface area contributed by atoms with E-state index in [1.807, 2.05) is 48.1 Å². The number of rotatable bonds is 2. The van der Waals surface area contributed by atoms with Crippen molar-refractivity contribution in [3.63, 3.8) is 0 Å². The maximum Gasteiger partial charge on any atom is 0.235 e. The maximum absolute atomic E-state index is 12.8. The number of Topliss-reactive ketones (excluding diaryl/α,β-unsaturated/α-hetero) is 1. The number of pyridine rings is 1. The summed E-state index contributed by atoms with van der Waals surface area (Å²) in [5.41, 5.74) is 9.93. The lowest BCUT2D eigenvalue weighted by Crippen LogP contribution is -1.98. The minimum absolute atomic E-state index is 0.0381. The molecule has 0 radical (unpaired) electrons. The van der Waals surface area contributed by atoms with Crippen LogP contribution < -0.4 is 10.5 Å². The van der Waals surface area contributed by atoms with Gasteiger partial charge in [-0.1, -0.05) is 12.1 Å². The molecule has 3 heterocycles. The summed E-state index contributed by atoms with van der Waals surface area (Å²) in [6.45, 7) is 0. The average Bonchev–Trinajstić information content (AvgIpc) is 3.19. The van der Waals surface area contributed by atoms with Crippen molar-refractivity contribution < 1.29 is 19.7 Å². The summed E-state index contributed by atoms with van der Waals surface area (Å²) >= 11 is 0. The number of phenolic OH excluding ortho intramolecular Hbond substituents is 2. The van der Waals surface area contributed by atoms with Gasteiger partial charge >= 0.3 is 0 Å². The van der Waals surface area contributed by atoms with E-state index in [4.69, 9.17) is 10.5 Å². The van der Waals surface area contributed by atoms with Gasteiger partial charge in [0.05, 0.1) is 0 Å². The Balaban J connectivity index is 1.68. The molecule has 0 saturated heterocycles. The van der Waals surface area contributed by atoms with Crippen molar-refractivity contribution in [2.75, 3.05) is 5.73 Å². The number of ketones is 1. The summed E-state index contributed by atoms with van der Waals surface area (Å²) in [5.74, 6) is -0.760. The molecule has 0 amide bonds. The number of nitrogens with zero attached hydrogens (tertiary/aromatic N) is 2. The van der Waals surface area contributed by atoms with Gasteiger partial charge in [0, 0.05) is 48.2 Å². The molecule has 5 rings (SSSR count). The van der Waals surface area contributed by atoms with E-state index in [9.17, 15) is 15.0 Å². The van der Waals surface area contributed by atoms with Crippen LogP contribution in [0.15, 0.2) is 60.6 Å². The lowest BCUT2D eigenvalue weighted by molar-refractivity contribution is 0.101. The fraction of sp³-hybridized carbons (Fsp3) is 0.0435. The summed E-state index contributed by atoms with van der Waals surface area (Å²) in [7, 11) is 1.88. The van der Waals surface area contributed by atoms with E-state index >= 15 is 0 Å². The van der Waals surface area contributed by atoms with Crippen LogP contribution in [0.4, 0.5) is 5.69 Å². The first-order valence-corrected chi connectivity index (χ1v) is 9.22. The smallest absolute Gasteiger partial charge is 0.235 e. The lowest BCUT2D eigenvalue weighted by atomic mass is 10.0. The molecule has 0 fully saturated rings. The van der Waals surface area contributed by atoms with Crippen LogP contribution in [0, 0.1) is 0 Å². The zero-order chi connectivity index (χ0) is 21.0. The minimum Gasteiger partial charge on any atom is -0.508 e. The number of nitrogens with two attached hydrogens (primary N) is 1. The number of allylic oxidation sites excluding steroid dienone is 1. The average molecular weight is 399 g/mol. The standard InChI is InChI=1S/C23H17N3O4/c1-26-11-13(8-19-22(29)21-17(28)9-15(27)10-18(21)30-19)20-16(6-7-25-23(20)26)12-2-4-14(24)5-3-12/h2-11,27-28H,24H2,1H3. The predicted octanol–water partition coefficient (Wildman–Crippen LogP) is 3.85. The maximum atomic E-state index is 12.8. The largest absolute Gasteiger partial charge is 0.508 e. The van der Waals surface area contributed by atoms with Crippen molar-refractivity contribution in [2.45, 2.75) is 0 Å². The highest BCUT2D eigenvalue weighted by Crippen LogP contribution is 2.41. The Morgan fingerprint density at radius 3 is 2.67 bits per heavy atom. The molecule has 0 spiro atoms. The fourth-order valence-electron chi connectivity index (χ4n) is 3.77. The van der Waals surface area contributed by atoms with Gasteiger partial charge in [0.2, 0.25) is 5.78 Å². The molecule has 7 heteroatoms. The van der Waals surface area contributed by atoms with Crippen molar-refractivity contribution in [1.82, 2.24) is 9.55 Å². The molecular formula is C23H17N3O4. The van der Waals surface area contributed by atoms with Gasteiger partial charge < -0.3 is 25.3 Å². The number of nitrogen functional groups attached to an aromatic ring is 1. The van der Waals surface area contributed by atoms with E-state index in [1.54, 1.807) is 12.3 Å². The van der Waals surface area contributed by atoms with Crippen LogP contribution in [-0.2, 0) is 7.05 Å². The molecule has 2 aromatic heterocycles. The van der Waals surface area contributed by atoms with Crippen LogP contribution in [0.5, 0.6) is 17.2 Å². The predicted molar refractivity (Wildman–Crippen MR) is 113 cm³/mol. The molecule has 1 aliphatic heterocycles. The molecule has 0 saturated carbocycles. The van der Waals surface area contributed by atoms with Gasteiger partial charge in [-0.05, 0) is 35.4 Å². The molecule has 0 bridgehead atoms. The monoisotopic (exact) mass is 399 g/mol. The fourth-order valence-corrected chi connectivity index (χ4v) is 3.77. The molecular weight excluding hydrogens is 382 g/mol. The zero-order valence-corrected chi connectivity index (χ0v) is 16.0. The molecule has 30 heavy (non-hydrogen) atoms. The Morgan fingerprint density at radius 2 is 1.90 bits per heavy atom. The molecule has 4 aromatic rings. The highest BCUT2D eigenvalue weighted by Gasteiger charge is 2.31. The molecule has 0 aliphatic carbocycles. The van der Waals surface area contributed by atoms with Gasteiger partial charge in [0.15, 0.2) is 5.76 Å². The first kappa shape index (κ1) is 17.8. The third-order valence-electron chi connectivity index (χ3n) is 5.13. The summed E-state index contributed by atoms with van der Waals surface area (Å²) in [5, 5.41) is 20.6. The highest BCUT2D eigenvalue weighted by molar-refractivity contribution is 6.17. The number of anilines is 1. The Bertz CT molecular complexity index is 1370. The normalized spacial score (nSPS) is 14.3. The van der Waals surface area contributed by atoms with Gasteiger partial charge in [-0.15, -0.1) is 0 Å². The quantitative estimate of drug-likeness (QED) is 0.349. The Hall–Kier alpha value is -4.26. The number of aromatic hydroxyl groups is 2. The topological polar surface area (TPSA) is 111 Å². The van der Waals surface area contributed by atoms with Crippen molar-refractivity contribution in [1.29, 1.82) is 0 Å². The van der Waals surface area contributed by atoms with Crippen LogP contribution in [0.25, 0.3) is 28.2 Å². The van der Waals surface area contributed by atoms with Crippen LogP contribution in [0.2, 0.25) is 0 Å². The van der Waals surface area contributed by atoms with Crippen LogP contribution >= 0.6 is 0 Å². The number of phenols is 2. The van der Waals surface area contributed by atoms with Gasteiger partial charge in [0.25, 0.3) is 0 Å². The summed E-state index contributed by atoms with van der Waals surface area (Å²) in [6.07, 6.45) is 5.23. The zero-order valence-electron chi connectivity index (χ0n) is 16.0. The lowest BCUT2D eigenvalue weighted by Gasteiger charge is -2.06. The molecule has 0 unspecified atom stereocenters. The minimum atomic E-state index is -0.447. The van der Waals surface area contributed by atoms with Gasteiger partial charge in [-0.25, -0.2) is 4.98 Å². The third kappa shape index (κ3) is 2.68. The molecule has 148 valence electrons. The van der Waals surface area contributed by atoms with Crippen LogP contribution in [0.3, 0.4) is 0 Å². The second-order valence-electron chi connectivity index (χ2n) is 7.15. The number of aryl methyl sites for hydroxylation is 1. The number of carbonyl (C=O) groups is 1. The molecule has 0 atom stereocenters. The van der Waals surface area contributed by atoms with Gasteiger partial charge in [-0.3, -0.25) is 4.79 Å². The number of fused-ring (bicyclic) bond motifs is 2. The number of hydrogen-bond donors (Lipinski definition) is 3. The first-order chi connectivity index (χ1) is 14.4. The third-order valence-corrected chi connectivity index (χ3v) is 5.13. The molecule has 4 N–H and O–H groups in total. The summed E-state index contributed by atoms with van der Waals surface area (Å²) < 4.78 is 7.52. The van der Waals surface area contributed by atoms with Gasteiger partial charge in [-0.2, -0.15) is 0 Å². The number of ether oxygens (including phenoxy) is 1. The van der Waals surface area contributed by atoms with Gasteiger partial charge in [0.1, 0.15) is 28.5 Å². The van der Waals surface area contributed by atoms with E-state index in [0.717, 1.165) is 33.8 Å². The van der Waals surface area contributed by atoms with Crippen molar-refractivity contribution in [3.8, 4) is 28.4 Å². The Labute approximate surface area is 171 Å². The van der Waals surface area contributed by atoms with Crippen LogP contribution in [-0.4, -0.2) is 25.5 Å². The van der Waals surface area contributed by atoms with E-state index in [0.29, 0.717) is 5.69 Å². The van der Waals surface area contributed by atoms with Crippen molar-refractivity contribution in [2.24, 2.45) is 7.05 Å². The molecule has 1 aliphatic rings. The molecule has 2 aromatic carbocycles. The SMILES string of the molecule is Cn1cc(C=C2Oc3cc(O)cc(O)c3C2=O)c2c(-c3ccc(N)cc3)ccnc21.